The smallest absolute Gasteiger partial charge is 0.415 e. The maximum absolute atomic E-state index is 13.4. The lowest BCUT2D eigenvalue weighted by Gasteiger charge is -2.25. The van der Waals surface area contributed by atoms with Crippen LogP contribution in [0.15, 0.2) is 72.8 Å². The zero-order valence-corrected chi connectivity index (χ0v) is 17.2. The van der Waals surface area contributed by atoms with Crippen LogP contribution in [0.3, 0.4) is 0 Å². The van der Waals surface area contributed by atoms with Gasteiger partial charge in [0.2, 0.25) is 0 Å². The second kappa shape index (κ2) is 8.97. The summed E-state index contributed by atoms with van der Waals surface area (Å²) in [6.07, 6.45) is -1.32. The fraction of sp³-hybridized carbons (Fsp3) is 0.167. The van der Waals surface area contributed by atoms with E-state index in [4.69, 9.17) is 9.47 Å². The van der Waals surface area contributed by atoms with Gasteiger partial charge in [0.1, 0.15) is 29.5 Å². The van der Waals surface area contributed by atoms with Gasteiger partial charge in [-0.25, -0.2) is 9.18 Å². The van der Waals surface area contributed by atoms with E-state index in [0.29, 0.717) is 22.6 Å². The summed E-state index contributed by atoms with van der Waals surface area (Å²) in [7, 11) is 1.54. The molecule has 2 N–H and O–H groups in total. The first-order chi connectivity index (χ1) is 15.5. The van der Waals surface area contributed by atoms with Crippen molar-refractivity contribution >= 4 is 17.7 Å². The number of phenols is 1. The van der Waals surface area contributed by atoms with Crippen LogP contribution in [0, 0.1) is 5.82 Å². The minimum atomic E-state index is -0.709. The third-order valence-electron chi connectivity index (χ3n) is 5.23. The number of carbonyl (C=O) groups excluding carboxylic acids is 2. The van der Waals surface area contributed by atoms with Gasteiger partial charge in [0.15, 0.2) is 0 Å². The molecule has 0 aromatic heterocycles. The fourth-order valence-electron chi connectivity index (χ4n) is 3.62. The number of amides is 2. The number of cyclic esters (lactones) is 1. The van der Waals surface area contributed by atoms with Crippen molar-refractivity contribution in [2.24, 2.45) is 0 Å². The maximum atomic E-state index is 13.4. The number of nitrogens with zero attached hydrogens (tertiary/aromatic N) is 1. The summed E-state index contributed by atoms with van der Waals surface area (Å²) in [6, 6.07) is 17.9. The van der Waals surface area contributed by atoms with E-state index < -0.39 is 24.1 Å². The third kappa shape index (κ3) is 4.34. The van der Waals surface area contributed by atoms with Gasteiger partial charge in [-0.05, 0) is 66.2 Å². The first-order valence-electron chi connectivity index (χ1n) is 9.93. The highest BCUT2D eigenvalue weighted by atomic mass is 19.1. The molecule has 4 rings (SSSR count). The van der Waals surface area contributed by atoms with E-state index >= 15 is 0 Å². The largest absolute Gasteiger partial charge is 0.508 e. The minimum absolute atomic E-state index is 0.0554. The molecule has 8 heteroatoms. The Balaban J connectivity index is 1.58. The molecule has 2 atom stereocenters. The molecular weight excluding hydrogens is 415 g/mol. The van der Waals surface area contributed by atoms with Crippen molar-refractivity contribution in [2.75, 3.05) is 18.6 Å². The van der Waals surface area contributed by atoms with Crippen LogP contribution in [-0.4, -0.2) is 36.9 Å². The van der Waals surface area contributed by atoms with Crippen molar-refractivity contribution in [1.29, 1.82) is 0 Å². The molecule has 0 spiro atoms. The first kappa shape index (κ1) is 21.2. The number of rotatable bonds is 6. The molecule has 0 aliphatic carbocycles. The van der Waals surface area contributed by atoms with Crippen molar-refractivity contribution in [3.8, 4) is 11.5 Å². The fourth-order valence-corrected chi connectivity index (χ4v) is 3.62. The van der Waals surface area contributed by atoms with Gasteiger partial charge in [-0.3, -0.25) is 9.69 Å². The van der Waals surface area contributed by atoms with Gasteiger partial charge < -0.3 is 19.9 Å². The Morgan fingerprint density at radius 2 is 1.72 bits per heavy atom. The molecule has 1 heterocycles. The van der Waals surface area contributed by atoms with E-state index in [9.17, 15) is 19.1 Å². The van der Waals surface area contributed by atoms with Gasteiger partial charge in [-0.15, -0.1) is 0 Å². The molecule has 3 aromatic rings. The molecule has 32 heavy (non-hydrogen) atoms. The Morgan fingerprint density at radius 1 is 1.06 bits per heavy atom. The van der Waals surface area contributed by atoms with Gasteiger partial charge in [0.05, 0.1) is 13.7 Å². The number of nitrogens with one attached hydrogen (secondary N) is 1. The van der Waals surface area contributed by atoms with E-state index in [0.717, 1.165) is 0 Å². The lowest BCUT2D eigenvalue weighted by Crippen LogP contribution is -2.37. The van der Waals surface area contributed by atoms with Crippen LogP contribution in [0.4, 0.5) is 14.9 Å². The number of anilines is 1. The van der Waals surface area contributed by atoms with Gasteiger partial charge in [-0.2, -0.15) is 0 Å². The molecule has 1 aliphatic heterocycles. The zero-order valence-electron chi connectivity index (χ0n) is 17.2. The molecule has 0 unspecified atom stereocenters. The molecule has 1 fully saturated rings. The number of carbonyl (C=O) groups is 2. The number of hydrogen-bond donors (Lipinski definition) is 2. The monoisotopic (exact) mass is 436 g/mol. The predicted octanol–water partition coefficient (Wildman–Crippen LogP) is 4.04. The molecule has 1 saturated heterocycles. The highest BCUT2D eigenvalue weighted by Crippen LogP contribution is 2.37. The van der Waals surface area contributed by atoms with Crippen LogP contribution < -0.4 is 15.0 Å². The van der Waals surface area contributed by atoms with Crippen molar-refractivity contribution in [1.82, 2.24) is 5.32 Å². The van der Waals surface area contributed by atoms with Crippen molar-refractivity contribution < 1.29 is 28.6 Å². The summed E-state index contributed by atoms with van der Waals surface area (Å²) in [5.41, 5.74) is 1.59. The van der Waals surface area contributed by atoms with E-state index in [1.165, 1.54) is 41.3 Å². The lowest BCUT2D eigenvalue weighted by molar-refractivity contribution is 0.0902. The van der Waals surface area contributed by atoms with E-state index in [1.807, 2.05) is 0 Å². The van der Waals surface area contributed by atoms with Crippen LogP contribution in [0.2, 0.25) is 0 Å². The lowest BCUT2D eigenvalue weighted by atomic mass is 9.99. The summed E-state index contributed by atoms with van der Waals surface area (Å²) in [6.45, 7) is 0.0554. The summed E-state index contributed by atoms with van der Waals surface area (Å²) < 4.78 is 24.1. The highest BCUT2D eigenvalue weighted by molar-refractivity contribution is 5.94. The Kier molecular flexibility index (Phi) is 5.93. The summed E-state index contributed by atoms with van der Waals surface area (Å²) in [4.78, 5) is 26.7. The second-order valence-corrected chi connectivity index (χ2v) is 7.24. The maximum Gasteiger partial charge on any atom is 0.415 e. The van der Waals surface area contributed by atoms with Crippen molar-refractivity contribution in [3.63, 3.8) is 0 Å². The zero-order chi connectivity index (χ0) is 22.7. The standard InChI is InChI=1S/C24H21FN2O5/c1-31-20-12-4-16(5-13-20)23(29)26-14-21-22(15-2-10-19(28)11-3-15)27(24(30)32-21)18-8-6-17(25)7-9-18/h2-13,21-22,28H,14H2,1H3,(H,26,29)/t21-,22-/m1/s1. The molecule has 2 amide bonds. The number of hydrogen-bond acceptors (Lipinski definition) is 5. The number of methoxy groups -OCH3 is 1. The average molecular weight is 436 g/mol. The van der Waals surface area contributed by atoms with E-state index in [2.05, 4.69) is 5.32 Å². The average Bonchev–Trinajstić information content (AvgIpc) is 3.14. The quantitative estimate of drug-likeness (QED) is 0.609. The number of aromatic hydroxyl groups is 1. The Labute approximate surface area is 184 Å². The van der Waals surface area contributed by atoms with Gasteiger partial charge in [0, 0.05) is 11.3 Å². The number of phenolic OH excluding ortho intramolecular Hbond substituents is 1. The molecule has 7 nitrogen and oxygen atoms in total. The number of ether oxygens (including phenoxy) is 2. The van der Waals surface area contributed by atoms with E-state index in [1.54, 1.807) is 43.5 Å². The number of halogens is 1. The molecular formula is C24H21FN2O5. The van der Waals surface area contributed by atoms with Crippen LogP contribution in [0.5, 0.6) is 11.5 Å². The van der Waals surface area contributed by atoms with Gasteiger partial charge in [-0.1, -0.05) is 12.1 Å². The summed E-state index contributed by atoms with van der Waals surface area (Å²) in [5.74, 6) is -0.0375. The van der Waals surface area contributed by atoms with Gasteiger partial charge in [0.25, 0.3) is 5.91 Å². The van der Waals surface area contributed by atoms with Crippen molar-refractivity contribution in [3.05, 3.63) is 89.7 Å². The molecule has 0 saturated carbocycles. The second-order valence-electron chi connectivity index (χ2n) is 7.24. The molecule has 3 aromatic carbocycles. The number of benzene rings is 3. The van der Waals surface area contributed by atoms with Crippen LogP contribution in [0.25, 0.3) is 0 Å². The third-order valence-corrected chi connectivity index (χ3v) is 5.23. The summed E-state index contributed by atoms with van der Waals surface area (Å²) >= 11 is 0. The highest BCUT2D eigenvalue weighted by Gasteiger charge is 2.43. The van der Waals surface area contributed by atoms with E-state index in [-0.39, 0.29) is 18.2 Å². The molecule has 0 bridgehead atoms. The Bertz CT molecular complexity index is 1100. The van der Waals surface area contributed by atoms with Crippen LogP contribution in [-0.2, 0) is 4.74 Å². The Morgan fingerprint density at radius 3 is 2.34 bits per heavy atom. The minimum Gasteiger partial charge on any atom is -0.508 e. The Hall–Kier alpha value is -4.07. The van der Waals surface area contributed by atoms with Gasteiger partial charge >= 0.3 is 6.09 Å². The topological polar surface area (TPSA) is 88.1 Å². The molecule has 164 valence electrons. The first-order valence-corrected chi connectivity index (χ1v) is 9.93. The van der Waals surface area contributed by atoms with Crippen molar-refractivity contribution in [2.45, 2.75) is 12.1 Å². The predicted molar refractivity (Wildman–Crippen MR) is 115 cm³/mol. The molecule has 0 radical (unpaired) electrons. The summed E-state index contributed by atoms with van der Waals surface area (Å²) in [5, 5.41) is 12.4. The van der Waals surface area contributed by atoms with Crippen LogP contribution >= 0.6 is 0 Å². The SMILES string of the molecule is COc1ccc(C(=O)NC[C@H]2OC(=O)N(c3ccc(F)cc3)[C@@H]2c2ccc(O)cc2)cc1. The van der Waals surface area contributed by atoms with Crippen LogP contribution in [0.1, 0.15) is 22.0 Å². The normalized spacial score (nSPS) is 17.7. The molecule has 1 aliphatic rings.